The van der Waals surface area contributed by atoms with Crippen molar-refractivity contribution in [3.63, 3.8) is 0 Å². The minimum atomic E-state index is 0.557. The third-order valence-electron chi connectivity index (χ3n) is 3.65. The lowest BCUT2D eigenvalue weighted by Crippen LogP contribution is -2.05. The lowest BCUT2D eigenvalue weighted by atomic mass is 10.2. The van der Waals surface area contributed by atoms with Gasteiger partial charge in [0.15, 0.2) is 17.1 Å². The fourth-order valence-electron chi connectivity index (χ4n) is 2.56. The van der Waals surface area contributed by atoms with Crippen LogP contribution in [0.15, 0.2) is 24.3 Å². The van der Waals surface area contributed by atoms with Gasteiger partial charge in [-0.15, -0.1) is 14.8 Å². The molecule has 1 N–H and O–H groups in total. The van der Waals surface area contributed by atoms with Gasteiger partial charge < -0.3 is 14.8 Å². The SMILES string of the molecule is Cc1nc2ccc(NCc3cc(Cl)c4c(c3)OCCCO4)nn2n1. The molecule has 1 aliphatic rings. The smallest absolute Gasteiger partial charge is 0.179 e. The maximum Gasteiger partial charge on any atom is 0.179 e. The molecule has 0 atom stereocenters. The highest BCUT2D eigenvalue weighted by molar-refractivity contribution is 6.32. The third-order valence-corrected chi connectivity index (χ3v) is 3.93. The van der Waals surface area contributed by atoms with Crippen LogP contribution in [0.1, 0.15) is 17.8 Å². The van der Waals surface area contributed by atoms with Gasteiger partial charge in [0.05, 0.1) is 18.2 Å². The van der Waals surface area contributed by atoms with Crippen molar-refractivity contribution in [3.05, 3.63) is 40.7 Å². The van der Waals surface area contributed by atoms with Gasteiger partial charge in [-0.25, -0.2) is 4.98 Å². The first-order chi connectivity index (χ1) is 11.7. The molecule has 3 heterocycles. The van der Waals surface area contributed by atoms with Gasteiger partial charge in [0.25, 0.3) is 0 Å². The fraction of sp³-hybridized carbons (Fsp3) is 0.312. The summed E-state index contributed by atoms with van der Waals surface area (Å²) in [5.41, 5.74) is 1.71. The van der Waals surface area contributed by atoms with Crippen molar-refractivity contribution in [1.29, 1.82) is 0 Å². The lowest BCUT2D eigenvalue weighted by molar-refractivity contribution is 0.297. The Balaban J connectivity index is 1.54. The summed E-state index contributed by atoms with van der Waals surface area (Å²) in [4.78, 5) is 4.25. The number of rotatable bonds is 3. The molecule has 0 spiro atoms. The number of anilines is 1. The molecule has 3 aromatic rings. The molecule has 0 aliphatic carbocycles. The number of nitrogens with one attached hydrogen (secondary N) is 1. The molecule has 0 fully saturated rings. The van der Waals surface area contributed by atoms with Crippen LogP contribution in [0.3, 0.4) is 0 Å². The van der Waals surface area contributed by atoms with Crippen molar-refractivity contribution < 1.29 is 9.47 Å². The molecule has 7 nitrogen and oxygen atoms in total. The Morgan fingerprint density at radius 2 is 2.08 bits per heavy atom. The number of hydrogen-bond acceptors (Lipinski definition) is 6. The Labute approximate surface area is 143 Å². The van der Waals surface area contributed by atoms with E-state index in [0.29, 0.717) is 47.9 Å². The van der Waals surface area contributed by atoms with Crippen molar-refractivity contribution in [2.45, 2.75) is 19.9 Å². The van der Waals surface area contributed by atoms with Gasteiger partial charge in [0, 0.05) is 13.0 Å². The molecule has 1 aromatic carbocycles. The predicted molar refractivity (Wildman–Crippen MR) is 89.9 cm³/mol. The van der Waals surface area contributed by atoms with Crippen molar-refractivity contribution in [2.24, 2.45) is 0 Å². The average Bonchev–Trinajstić information content (AvgIpc) is 2.77. The van der Waals surface area contributed by atoms with Crippen molar-refractivity contribution in [3.8, 4) is 11.5 Å². The van der Waals surface area contributed by atoms with Crippen LogP contribution >= 0.6 is 11.6 Å². The second-order valence-electron chi connectivity index (χ2n) is 5.53. The Hall–Kier alpha value is -2.54. The Morgan fingerprint density at radius 1 is 1.21 bits per heavy atom. The van der Waals surface area contributed by atoms with E-state index >= 15 is 0 Å². The van der Waals surface area contributed by atoms with E-state index in [1.807, 2.05) is 31.2 Å². The zero-order chi connectivity index (χ0) is 16.5. The lowest BCUT2D eigenvalue weighted by Gasteiger charge is -2.12. The van der Waals surface area contributed by atoms with E-state index in [1.165, 1.54) is 4.63 Å². The summed E-state index contributed by atoms with van der Waals surface area (Å²) in [7, 11) is 0. The van der Waals surface area contributed by atoms with Crippen molar-refractivity contribution in [1.82, 2.24) is 19.8 Å². The minimum Gasteiger partial charge on any atom is -0.489 e. The van der Waals surface area contributed by atoms with Gasteiger partial charge in [-0.1, -0.05) is 11.6 Å². The topological polar surface area (TPSA) is 73.6 Å². The van der Waals surface area contributed by atoms with Gasteiger partial charge in [0.2, 0.25) is 0 Å². The number of halogens is 1. The zero-order valence-corrected chi connectivity index (χ0v) is 13.9. The van der Waals surface area contributed by atoms with E-state index in [2.05, 4.69) is 20.5 Å². The molecule has 4 rings (SSSR count). The van der Waals surface area contributed by atoms with Crippen LogP contribution in [-0.2, 0) is 6.54 Å². The van der Waals surface area contributed by atoms with Crippen LogP contribution in [-0.4, -0.2) is 33.0 Å². The Kier molecular flexibility index (Phi) is 3.86. The van der Waals surface area contributed by atoms with Crippen LogP contribution in [0.5, 0.6) is 11.5 Å². The number of nitrogens with zero attached hydrogens (tertiary/aromatic N) is 4. The number of aryl methyl sites for hydroxylation is 1. The molecule has 0 saturated carbocycles. The molecular weight excluding hydrogens is 330 g/mol. The standard InChI is InChI=1S/C16H16ClN5O2/c1-10-19-15-4-3-14(21-22(15)20-10)18-9-11-7-12(17)16-13(8-11)23-5-2-6-24-16/h3-4,7-8H,2,5-6,9H2,1H3,(H,18,21). The van der Waals surface area contributed by atoms with Crippen LogP contribution in [0, 0.1) is 6.92 Å². The summed E-state index contributed by atoms with van der Waals surface area (Å²) in [6, 6.07) is 7.56. The first kappa shape index (κ1) is 15.0. The van der Waals surface area contributed by atoms with E-state index in [-0.39, 0.29) is 0 Å². The Morgan fingerprint density at radius 3 is 3.00 bits per heavy atom. The molecule has 0 unspecified atom stereocenters. The summed E-state index contributed by atoms with van der Waals surface area (Å²) < 4.78 is 12.9. The Bertz CT molecular complexity index is 896. The molecule has 1 aliphatic heterocycles. The highest BCUT2D eigenvalue weighted by atomic mass is 35.5. The maximum absolute atomic E-state index is 6.31. The number of benzene rings is 1. The van der Waals surface area contributed by atoms with E-state index in [9.17, 15) is 0 Å². The molecule has 24 heavy (non-hydrogen) atoms. The number of aromatic nitrogens is 4. The molecule has 0 radical (unpaired) electrons. The van der Waals surface area contributed by atoms with E-state index < -0.39 is 0 Å². The van der Waals surface area contributed by atoms with Gasteiger partial charge in [0.1, 0.15) is 11.6 Å². The number of hydrogen-bond donors (Lipinski definition) is 1. The van der Waals surface area contributed by atoms with Gasteiger partial charge >= 0.3 is 0 Å². The largest absolute Gasteiger partial charge is 0.489 e. The van der Waals surface area contributed by atoms with Crippen molar-refractivity contribution in [2.75, 3.05) is 18.5 Å². The van der Waals surface area contributed by atoms with Crippen LogP contribution in [0.4, 0.5) is 5.82 Å². The second-order valence-corrected chi connectivity index (χ2v) is 5.94. The molecule has 0 amide bonds. The second kappa shape index (κ2) is 6.16. The average molecular weight is 346 g/mol. The van der Waals surface area contributed by atoms with Crippen molar-refractivity contribution >= 4 is 23.1 Å². The molecule has 124 valence electrons. The molecule has 2 aromatic heterocycles. The summed E-state index contributed by atoms with van der Waals surface area (Å²) in [5.74, 6) is 2.70. The highest BCUT2D eigenvalue weighted by Gasteiger charge is 2.15. The summed E-state index contributed by atoms with van der Waals surface area (Å²) >= 11 is 6.31. The molecule has 0 saturated heterocycles. The first-order valence-electron chi connectivity index (χ1n) is 7.72. The zero-order valence-electron chi connectivity index (χ0n) is 13.1. The van der Waals surface area contributed by atoms with Gasteiger partial charge in [-0.3, -0.25) is 0 Å². The van der Waals surface area contributed by atoms with Crippen LogP contribution in [0.25, 0.3) is 5.65 Å². The molecule has 0 bridgehead atoms. The number of fused-ring (bicyclic) bond motifs is 2. The van der Waals surface area contributed by atoms with Crippen LogP contribution < -0.4 is 14.8 Å². The fourth-order valence-corrected chi connectivity index (χ4v) is 2.85. The van der Waals surface area contributed by atoms with E-state index in [0.717, 1.165) is 17.6 Å². The van der Waals surface area contributed by atoms with Crippen LogP contribution in [0.2, 0.25) is 5.02 Å². The predicted octanol–water partition coefficient (Wildman–Crippen LogP) is 2.86. The molecular formula is C16H16ClN5O2. The van der Waals surface area contributed by atoms with Gasteiger partial charge in [-0.05, 0) is 36.8 Å². The highest BCUT2D eigenvalue weighted by Crippen LogP contribution is 2.38. The van der Waals surface area contributed by atoms with Gasteiger partial charge in [-0.2, -0.15) is 0 Å². The maximum atomic E-state index is 6.31. The summed E-state index contributed by atoms with van der Waals surface area (Å²) in [6.07, 6.45) is 0.847. The normalized spacial score (nSPS) is 13.8. The summed E-state index contributed by atoms with van der Waals surface area (Å²) in [6.45, 7) is 3.64. The van der Waals surface area contributed by atoms with E-state index in [1.54, 1.807) is 0 Å². The number of ether oxygens (including phenoxy) is 2. The first-order valence-corrected chi connectivity index (χ1v) is 8.09. The quantitative estimate of drug-likeness (QED) is 0.786. The summed E-state index contributed by atoms with van der Waals surface area (Å²) in [5, 5.41) is 12.4. The van der Waals surface area contributed by atoms with E-state index in [4.69, 9.17) is 21.1 Å². The minimum absolute atomic E-state index is 0.557. The third kappa shape index (κ3) is 2.94. The monoisotopic (exact) mass is 345 g/mol. The molecule has 8 heteroatoms.